The number of rotatable bonds is 3. The van der Waals surface area contributed by atoms with Crippen molar-refractivity contribution in [1.29, 1.82) is 0 Å². The minimum atomic E-state index is -0.575. The van der Waals surface area contributed by atoms with Crippen molar-refractivity contribution in [2.45, 2.75) is 43.9 Å². The van der Waals surface area contributed by atoms with E-state index in [0.717, 1.165) is 12.8 Å². The van der Waals surface area contributed by atoms with Crippen molar-refractivity contribution in [2.24, 2.45) is 5.73 Å². The SMILES string of the molecule is NC(=O)c1ccc(OC2CC3CCC(C2)N3)nn1. The minimum absolute atomic E-state index is 0.160. The third-order valence-electron chi connectivity index (χ3n) is 3.61. The average molecular weight is 248 g/mol. The first-order valence-electron chi connectivity index (χ1n) is 6.27. The van der Waals surface area contributed by atoms with Crippen molar-refractivity contribution in [3.8, 4) is 5.88 Å². The monoisotopic (exact) mass is 248 g/mol. The molecule has 1 aromatic rings. The highest BCUT2D eigenvalue weighted by Gasteiger charge is 2.34. The van der Waals surface area contributed by atoms with Gasteiger partial charge in [0.1, 0.15) is 6.10 Å². The summed E-state index contributed by atoms with van der Waals surface area (Å²) in [4.78, 5) is 10.9. The first kappa shape index (κ1) is 11.4. The van der Waals surface area contributed by atoms with Crippen LogP contribution in [-0.4, -0.2) is 34.3 Å². The Morgan fingerprint density at radius 3 is 2.56 bits per heavy atom. The van der Waals surface area contributed by atoms with Crippen LogP contribution in [0.3, 0.4) is 0 Å². The Labute approximate surface area is 105 Å². The topological polar surface area (TPSA) is 90.1 Å². The van der Waals surface area contributed by atoms with Crippen molar-refractivity contribution in [3.63, 3.8) is 0 Å². The van der Waals surface area contributed by atoms with Gasteiger partial charge in [0.25, 0.3) is 5.91 Å². The number of nitrogens with two attached hydrogens (primary N) is 1. The molecule has 0 aliphatic carbocycles. The Kier molecular flexibility index (Phi) is 2.87. The number of primary amides is 1. The maximum atomic E-state index is 10.9. The van der Waals surface area contributed by atoms with E-state index in [1.54, 1.807) is 12.1 Å². The molecule has 2 aliphatic rings. The normalized spacial score (nSPS) is 30.1. The van der Waals surface area contributed by atoms with Gasteiger partial charge in [-0.25, -0.2) is 0 Å². The van der Waals surface area contributed by atoms with Gasteiger partial charge in [-0.3, -0.25) is 4.79 Å². The summed E-state index contributed by atoms with van der Waals surface area (Å²) < 4.78 is 5.81. The van der Waals surface area contributed by atoms with Crippen LogP contribution in [0.5, 0.6) is 5.88 Å². The molecule has 2 aliphatic heterocycles. The van der Waals surface area contributed by atoms with Gasteiger partial charge in [-0.2, -0.15) is 0 Å². The van der Waals surface area contributed by atoms with E-state index < -0.39 is 5.91 Å². The molecule has 2 fully saturated rings. The Balaban J connectivity index is 1.64. The van der Waals surface area contributed by atoms with Crippen LogP contribution in [0, 0.1) is 0 Å². The second-order valence-corrected chi connectivity index (χ2v) is 4.97. The highest BCUT2D eigenvalue weighted by molar-refractivity contribution is 5.90. The third kappa shape index (κ3) is 2.28. The van der Waals surface area contributed by atoms with Crippen molar-refractivity contribution in [3.05, 3.63) is 17.8 Å². The lowest BCUT2D eigenvalue weighted by Crippen LogP contribution is -2.42. The Morgan fingerprint density at radius 1 is 1.28 bits per heavy atom. The van der Waals surface area contributed by atoms with Crippen LogP contribution in [0.2, 0.25) is 0 Å². The summed E-state index contributed by atoms with van der Waals surface area (Å²) in [5, 5.41) is 11.2. The van der Waals surface area contributed by atoms with E-state index in [-0.39, 0.29) is 11.8 Å². The lowest BCUT2D eigenvalue weighted by molar-refractivity contribution is 0.0993. The molecule has 0 radical (unpaired) electrons. The molecule has 3 N–H and O–H groups in total. The molecule has 6 heteroatoms. The average Bonchev–Trinajstić information content (AvgIpc) is 2.69. The molecular weight excluding hydrogens is 232 g/mol. The van der Waals surface area contributed by atoms with Gasteiger partial charge in [0.2, 0.25) is 5.88 Å². The summed E-state index contributed by atoms with van der Waals surface area (Å²) in [6.45, 7) is 0. The molecule has 1 amide bonds. The number of piperidine rings is 1. The Bertz CT molecular complexity index is 436. The summed E-state index contributed by atoms with van der Waals surface area (Å²) in [6.07, 6.45) is 4.68. The molecule has 2 saturated heterocycles. The number of ether oxygens (including phenoxy) is 1. The third-order valence-corrected chi connectivity index (χ3v) is 3.61. The minimum Gasteiger partial charge on any atom is -0.473 e. The molecule has 2 unspecified atom stereocenters. The van der Waals surface area contributed by atoms with E-state index in [1.807, 2.05) is 0 Å². The zero-order valence-electron chi connectivity index (χ0n) is 10.0. The van der Waals surface area contributed by atoms with Crippen molar-refractivity contribution in [1.82, 2.24) is 15.5 Å². The summed E-state index contributed by atoms with van der Waals surface area (Å²) >= 11 is 0. The molecule has 3 rings (SSSR count). The summed E-state index contributed by atoms with van der Waals surface area (Å²) in [5.41, 5.74) is 5.26. The van der Waals surface area contributed by atoms with Gasteiger partial charge < -0.3 is 15.8 Å². The van der Waals surface area contributed by atoms with Crippen LogP contribution in [-0.2, 0) is 0 Å². The van der Waals surface area contributed by atoms with Gasteiger partial charge in [-0.15, -0.1) is 10.2 Å². The fourth-order valence-electron chi connectivity index (χ4n) is 2.79. The van der Waals surface area contributed by atoms with Crippen molar-refractivity contribution in [2.75, 3.05) is 0 Å². The number of carbonyl (C=O) groups excluding carboxylic acids is 1. The first-order valence-corrected chi connectivity index (χ1v) is 6.27. The number of fused-ring (bicyclic) bond motifs is 2. The summed E-state index contributed by atoms with van der Waals surface area (Å²) in [5.74, 6) is -0.111. The number of carbonyl (C=O) groups is 1. The van der Waals surface area contributed by atoms with Crippen LogP contribution in [0.4, 0.5) is 0 Å². The van der Waals surface area contributed by atoms with Gasteiger partial charge in [0.05, 0.1) is 0 Å². The van der Waals surface area contributed by atoms with E-state index in [1.165, 1.54) is 12.8 Å². The molecule has 3 heterocycles. The molecule has 0 aromatic carbocycles. The number of amides is 1. The molecule has 2 atom stereocenters. The number of nitrogens with one attached hydrogen (secondary N) is 1. The lowest BCUT2D eigenvalue weighted by atomic mass is 10.0. The molecule has 0 saturated carbocycles. The van der Waals surface area contributed by atoms with E-state index in [9.17, 15) is 4.79 Å². The van der Waals surface area contributed by atoms with Gasteiger partial charge in [-0.05, 0) is 31.7 Å². The Hall–Kier alpha value is -1.69. The van der Waals surface area contributed by atoms with Gasteiger partial charge in [0.15, 0.2) is 5.69 Å². The summed E-state index contributed by atoms with van der Waals surface area (Å²) in [6, 6.07) is 4.34. The molecular formula is C12H16N4O2. The van der Waals surface area contributed by atoms with E-state index in [4.69, 9.17) is 10.5 Å². The smallest absolute Gasteiger partial charge is 0.269 e. The predicted molar refractivity (Wildman–Crippen MR) is 64.1 cm³/mol. The molecule has 18 heavy (non-hydrogen) atoms. The quantitative estimate of drug-likeness (QED) is 0.799. The van der Waals surface area contributed by atoms with Crippen LogP contribution in [0.1, 0.15) is 36.2 Å². The molecule has 2 bridgehead atoms. The number of hydrogen-bond donors (Lipinski definition) is 2. The maximum absolute atomic E-state index is 10.9. The predicted octanol–water partition coefficient (Wildman–Crippen LogP) is 0.237. The Morgan fingerprint density at radius 2 is 2.00 bits per heavy atom. The van der Waals surface area contributed by atoms with Crippen LogP contribution in [0.15, 0.2) is 12.1 Å². The van der Waals surface area contributed by atoms with Crippen molar-refractivity contribution >= 4 is 5.91 Å². The largest absolute Gasteiger partial charge is 0.473 e. The number of hydrogen-bond acceptors (Lipinski definition) is 5. The van der Waals surface area contributed by atoms with Crippen LogP contribution >= 0.6 is 0 Å². The fourth-order valence-corrected chi connectivity index (χ4v) is 2.79. The van der Waals surface area contributed by atoms with E-state index in [2.05, 4.69) is 15.5 Å². The van der Waals surface area contributed by atoms with Gasteiger partial charge in [-0.1, -0.05) is 0 Å². The highest BCUT2D eigenvalue weighted by Crippen LogP contribution is 2.28. The van der Waals surface area contributed by atoms with Crippen LogP contribution in [0.25, 0.3) is 0 Å². The second-order valence-electron chi connectivity index (χ2n) is 4.97. The fraction of sp³-hybridized carbons (Fsp3) is 0.583. The van der Waals surface area contributed by atoms with Gasteiger partial charge >= 0.3 is 0 Å². The summed E-state index contributed by atoms with van der Waals surface area (Å²) in [7, 11) is 0. The van der Waals surface area contributed by atoms with Crippen LogP contribution < -0.4 is 15.8 Å². The van der Waals surface area contributed by atoms with Crippen molar-refractivity contribution < 1.29 is 9.53 Å². The molecule has 96 valence electrons. The number of aromatic nitrogens is 2. The zero-order chi connectivity index (χ0) is 12.5. The highest BCUT2D eigenvalue weighted by atomic mass is 16.5. The lowest BCUT2D eigenvalue weighted by Gasteiger charge is -2.28. The van der Waals surface area contributed by atoms with Gasteiger partial charge in [0, 0.05) is 18.2 Å². The first-order chi connectivity index (χ1) is 8.70. The standard InChI is InChI=1S/C12H16N4O2/c13-12(17)10-3-4-11(16-15-10)18-9-5-7-1-2-8(6-9)14-7/h3-4,7-9,14H,1-2,5-6H2,(H2,13,17). The molecule has 0 spiro atoms. The number of nitrogens with zero attached hydrogens (tertiary/aromatic N) is 2. The molecule has 1 aromatic heterocycles. The van der Waals surface area contributed by atoms with E-state index in [0.29, 0.717) is 18.0 Å². The second kappa shape index (κ2) is 4.53. The zero-order valence-corrected chi connectivity index (χ0v) is 10.0. The maximum Gasteiger partial charge on any atom is 0.269 e. The van der Waals surface area contributed by atoms with E-state index >= 15 is 0 Å². The molecule has 6 nitrogen and oxygen atoms in total.